The Hall–Kier alpha value is -0.340. The first-order valence-corrected chi connectivity index (χ1v) is 2.18. The van der Waals surface area contributed by atoms with Crippen LogP contribution in [0.15, 0.2) is 12.7 Å². The van der Waals surface area contributed by atoms with Crippen molar-refractivity contribution in [2.24, 2.45) is 0 Å². The molecule has 0 unspecified atom stereocenters. The standard InChI is InChI=1S/C5H11NO/c1-4-5-7-6(2)3/h4H,1,5H2,2-3H3. The monoisotopic (exact) mass is 101 g/mol. The van der Waals surface area contributed by atoms with Crippen molar-refractivity contribution in [3.05, 3.63) is 12.7 Å². The zero-order valence-electron chi connectivity index (χ0n) is 4.85. The van der Waals surface area contributed by atoms with Crippen LogP contribution in [0.5, 0.6) is 0 Å². The first-order chi connectivity index (χ1) is 3.27. The molecule has 2 nitrogen and oxygen atoms in total. The summed E-state index contributed by atoms with van der Waals surface area (Å²) in [7, 11) is 3.67. The van der Waals surface area contributed by atoms with Gasteiger partial charge in [0.1, 0.15) is 0 Å². The molecule has 0 saturated heterocycles. The molecule has 0 spiro atoms. The van der Waals surface area contributed by atoms with Crippen molar-refractivity contribution in [1.82, 2.24) is 5.06 Å². The van der Waals surface area contributed by atoms with Crippen molar-refractivity contribution >= 4 is 0 Å². The van der Waals surface area contributed by atoms with Gasteiger partial charge in [-0.15, -0.1) is 6.58 Å². The zero-order chi connectivity index (χ0) is 5.70. The summed E-state index contributed by atoms with van der Waals surface area (Å²) >= 11 is 0. The summed E-state index contributed by atoms with van der Waals surface area (Å²) < 4.78 is 0. The van der Waals surface area contributed by atoms with E-state index in [1.807, 2.05) is 14.1 Å². The van der Waals surface area contributed by atoms with E-state index in [9.17, 15) is 0 Å². The number of hydrogen-bond donors (Lipinski definition) is 0. The summed E-state index contributed by atoms with van der Waals surface area (Å²) in [5, 5.41) is 1.64. The molecular weight excluding hydrogens is 90.1 g/mol. The highest BCUT2D eigenvalue weighted by molar-refractivity contribution is 4.62. The summed E-state index contributed by atoms with van der Waals surface area (Å²) in [6.45, 7) is 4.07. The van der Waals surface area contributed by atoms with Crippen LogP contribution in [0, 0.1) is 0 Å². The lowest BCUT2D eigenvalue weighted by Gasteiger charge is -2.05. The third kappa shape index (κ3) is 5.66. The lowest BCUT2D eigenvalue weighted by Crippen LogP contribution is -2.11. The van der Waals surface area contributed by atoms with Gasteiger partial charge in [-0.1, -0.05) is 6.08 Å². The van der Waals surface area contributed by atoms with E-state index < -0.39 is 0 Å². The quantitative estimate of drug-likeness (QED) is 0.382. The molecule has 0 aromatic carbocycles. The molecule has 0 bridgehead atoms. The third-order valence-corrected chi connectivity index (χ3v) is 0.451. The summed E-state index contributed by atoms with van der Waals surface area (Å²) in [6, 6.07) is 0. The second-order valence-electron chi connectivity index (χ2n) is 1.40. The third-order valence-electron chi connectivity index (χ3n) is 0.451. The van der Waals surface area contributed by atoms with Gasteiger partial charge >= 0.3 is 0 Å². The van der Waals surface area contributed by atoms with Crippen molar-refractivity contribution < 1.29 is 4.84 Å². The predicted molar refractivity (Wildman–Crippen MR) is 29.8 cm³/mol. The van der Waals surface area contributed by atoms with Crippen molar-refractivity contribution in [2.75, 3.05) is 20.7 Å². The van der Waals surface area contributed by atoms with E-state index in [1.165, 1.54) is 0 Å². The van der Waals surface area contributed by atoms with Gasteiger partial charge in [0.05, 0.1) is 6.61 Å². The molecule has 0 fully saturated rings. The Balaban J connectivity index is 2.81. The fourth-order valence-electron chi connectivity index (χ4n) is 0.202. The molecule has 7 heavy (non-hydrogen) atoms. The summed E-state index contributed by atoms with van der Waals surface area (Å²) in [4.78, 5) is 4.91. The lowest BCUT2D eigenvalue weighted by molar-refractivity contribution is -0.106. The molecule has 0 aromatic rings. The second-order valence-corrected chi connectivity index (χ2v) is 1.40. The first kappa shape index (κ1) is 6.66. The molecule has 0 atom stereocenters. The smallest absolute Gasteiger partial charge is 0.0863 e. The van der Waals surface area contributed by atoms with E-state index in [2.05, 4.69) is 6.58 Å². The van der Waals surface area contributed by atoms with E-state index in [0.29, 0.717) is 6.61 Å². The highest BCUT2D eigenvalue weighted by atomic mass is 16.7. The molecule has 42 valence electrons. The maximum atomic E-state index is 4.91. The van der Waals surface area contributed by atoms with Crippen LogP contribution in [-0.2, 0) is 4.84 Å². The van der Waals surface area contributed by atoms with Crippen LogP contribution in [0.25, 0.3) is 0 Å². The predicted octanol–water partition coefficient (Wildman–Crippen LogP) is 0.666. The van der Waals surface area contributed by atoms with E-state index in [1.54, 1.807) is 11.1 Å². The molecule has 0 N–H and O–H groups in total. The van der Waals surface area contributed by atoms with E-state index >= 15 is 0 Å². The Labute approximate surface area is 44.3 Å². The molecule has 0 aliphatic heterocycles. The van der Waals surface area contributed by atoms with Gasteiger partial charge in [-0.3, -0.25) is 4.84 Å². The molecule has 2 heteroatoms. The Kier molecular flexibility index (Phi) is 3.65. The van der Waals surface area contributed by atoms with Crippen molar-refractivity contribution in [2.45, 2.75) is 0 Å². The van der Waals surface area contributed by atoms with Crippen LogP contribution < -0.4 is 0 Å². The Morgan fingerprint density at radius 1 is 1.71 bits per heavy atom. The van der Waals surface area contributed by atoms with Crippen LogP contribution >= 0.6 is 0 Å². The highest BCUT2D eigenvalue weighted by Gasteiger charge is 1.79. The summed E-state index contributed by atoms with van der Waals surface area (Å²) in [5.74, 6) is 0. The molecule has 0 aliphatic rings. The average Bonchev–Trinajstić information content (AvgIpc) is 1.61. The number of hydroxylamine groups is 2. The Morgan fingerprint density at radius 2 is 2.29 bits per heavy atom. The Bertz CT molecular complexity index is 52.0. The van der Waals surface area contributed by atoms with Crippen LogP contribution in [0.2, 0.25) is 0 Å². The molecule has 0 amide bonds. The first-order valence-electron chi connectivity index (χ1n) is 2.18. The number of nitrogens with zero attached hydrogens (tertiary/aromatic N) is 1. The summed E-state index contributed by atoms with van der Waals surface area (Å²) in [6.07, 6.45) is 1.71. The van der Waals surface area contributed by atoms with Crippen LogP contribution in [-0.4, -0.2) is 25.8 Å². The fraction of sp³-hybridized carbons (Fsp3) is 0.600. The van der Waals surface area contributed by atoms with E-state index in [0.717, 1.165) is 0 Å². The van der Waals surface area contributed by atoms with Gasteiger partial charge in [-0.2, -0.15) is 5.06 Å². The number of rotatable bonds is 3. The minimum Gasteiger partial charge on any atom is -0.295 e. The fourth-order valence-corrected chi connectivity index (χ4v) is 0.202. The largest absolute Gasteiger partial charge is 0.295 e. The van der Waals surface area contributed by atoms with Crippen LogP contribution in [0.4, 0.5) is 0 Å². The SMILES string of the molecule is C=CCON(C)C. The second kappa shape index (κ2) is 3.84. The number of hydrogen-bond acceptors (Lipinski definition) is 2. The minimum absolute atomic E-state index is 0.590. The van der Waals surface area contributed by atoms with Gasteiger partial charge in [0.25, 0.3) is 0 Å². The maximum Gasteiger partial charge on any atom is 0.0863 e. The lowest BCUT2D eigenvalue weighted by atomic mass is 10.7. The van der Waals surface area contributed by atoms with Gasteiger partial charge in [0, 0.05) is 14.1 Å². The van der Waals surface area contributed by atoms with Gasteiger partial charge in [-0.25, -0.2) is 0 Å². The van der Waals surface area contributed by atoms with Gasteiger partial charge in [-0.05, 0) is 0 Å². The molecule has 0 aliphatic carbocycles. The Morgan fingerprint density at radius 3 is 2.43 bits per heavy atom. The molecule has 0 radical (unpaired) electrons. The average molecular weight is 101 g/mol. The molecular formula is C5H11NO. The molecule has 0 aromatic heterocycles. The normalized spacial score (nSPS) is 9.57. The highest BCUT2D eigenvalue weighted by Crippen LogP contribution is 1.75. The zero-order valence-corrected chi connectivity index (χ0v) is 4.85. The van der Waals surface area contributed by atoms with Crippen molar-refractivity contribution in [3.63, 3.8) is 0 Å². The molecule has 0 heterocycles. The van der Waals surface area contributed by atoms with Gasteiger partial charge in [0.15, 0.2) is 0 Å². The molecule has 0 rings (SSSR count). The summed E-state index contributed by atoms with van der Waals surface area (Å²) in [5.41, 5.74) is 0. The molecule has 0 saturated carbocycles. The van der Waals surface area contributed by atoms with Crippen molar-refractivity contribution in [1.29, 1.82) is 0 Å². The van der Waals surface area contributed by atoms with E-state index in [-0.39, 0.29) is 0 Å². The maximum absolute atomic E-state index is 4.91. The van der Waals surface area contributed by atoms with Crippen molar-refractivity contribution in [3.8, 4) is 0 Å². The van der Waals surface area contributed by atoms with Gasteiger partial charge < -0.3 is 0 Å². The van der Waals surface area contributed by atoms with Crippen LogP contribution in [0.1, 0.15) is 0 Å². The van der Waals surface area contributed by atoms with Crippen LogP contribution in [0.3, 0.4) is 0 Å². The topological polar surface area (TPSA) is 12.5 Å². The van der Waals surface area contributed by atoms with E-state index in [4.69, 9.17) is 4.84 Å². The van der Waals surface area contributed by atoms with Gasteiger partial charge in [0.2, 0.25) is 0 Å². The minimum atomic E-state index is 0.590.